The van der Waals surface area contributed by atoms with Crippen molar-refractivity contribution in [3.63, 3.8) is 0 Å². The van der Waals surface area contributed by atoms with Gasteiger partial charge in [-0.25, -0.2) is 0 Å². The van der Waals surface area contributed by atoms with E-state index in [1.807, 2.05) is 6.07 Å². The van der Waals surface area contributed by atoms with E-state index in [9.17, 15) is 0 Å². The average Bonchev–Trinajstić information content (AvgIpc) is 3.10. The summed E-state index contributed by atoms with van der Waals surface area (Å²) in [5, 5.41) is 3.58. The van der Waals surface area contributed by atoms with E-state index in [0.29, 0.717) is 0 Å². The predicted molar refractivity (Wildman–Crippen MR) is 183 cm³/mol. The molecule has 0 spiro atoms. The number of hydrogen-bond donors (Lipinski definition) is 1. The van der Waals surface area contributed by atoms with Crippen molar-refractivity contribution < 1.29 is 0 Å². The average molecular weight is 550 g/mol. The molecule has 0 fully saturated rings. The Labute approximate surface area is 253 Å². The number of anilines is 2. The molecule has 0 aliphatic rings. The highest BCUT2D eigenvalue weighted by Gasteiger charge is 2.17. The topological polar surface area (TPSA) is 12.0 Å². The van der Waals surface area contributed by atoms with Gasteiger partial charge in [0.15, 0.2) is 0 Å². The quantitative estimate of drug-likeness (QED) is 0.208. The lowest BCUT2D eigenvalue weighted by atomic mass is 9.84. The Hall–Kier alpha value is -5.66. The van der Waals surface area contributed by atoms with Crippen LogP contribution in [-0.2, 0) is 0 Å². The van der Waals surface area contributed by atoms with Crippen LogP contribution in [0, 0.1) is 0 Å². The van der Waals surface area contributed by atoms with Crippen LogP contribution in [0.5, 0.6) is 0 Å². The van der Waals surface area contributed by atoms with Gasteiger partial charge >= 0.3 is 0 Å². The first-order valence-corrected chi connectivity index (χ1v) is 14.7. The molecule has 7 aromatic rings. The van der Waals surface area contributed by atoms with Gasteiger partial charge in [0.1, 0.15) is 0 Å². The smallest absolute Gasteiger partial charge is 0.0384 e. The molecule has 0 amide bonds. The molecule has 0 bridgehead atoms. The normalized spacial score (nSPS) is 10.8. The molecule has 7 aromatic carbocycles. The minimum absolute atomic E-state index is 1.06. The third-order valence-corrected chi connectivity index (χ3v) is 7.87. The second kappa shape index (κ2) is 12.1. The van der Waals surface area contributed by atoms with E-state index in [-0.39, 0.29) is 0 Å². The zero-order valence-corrected chi connectivity index (χ0v) is 23.8. The van der Waals surface area contributed by atoms with Crippen LogP contribution >= 0.6 is 0 Å². The minimum Gasteiger partial charge on any atom is -0.356 e. The lowest BCUT2D eigenvalue weighted by Gasteiger charge is -2.19. The summed E-state index contributed by atoms with van der Waals surface area (Å²) in [6.07, 6.45) is 0. The second-order valence-electron chi connectivity index (χ2n) is 10.7. The zero-order valence-electron chi connectivity index (χ0n) is 23.8. The Kier molecular flexibility index (Phi) is 7.36. The maximum atomic E-state index is 3.58. The first-order valence-electron chi connectivity index (χ1n) is 14.7. The van der Waals surface area contributed by atoms with Crippen molar-refractivity contribution >= 4 is 11.4 Å². The summed E-state index contributed by atoms with van der Waals surface area (Å²) in [7, 11) is 0. The summed E-state index contributed by atoms with van der Waals surface area (Å²) in [5.74, 6) is 0. The van der Waals surface area contributed by atoms with Crippen LogP contribution in [0.3, 0.4) is 0 Å². The van der Waals surface area contributed by atoms with E-state index in [2.05, 4.69) is 181 Å². The molecule has 1 heteroatoms. The lowest BCUT2D eigenvalue weighted by Crippen LogP contribution is -1.94. The molecule has 0 atom stereocenters. The van der Waals surface area contributed by atoms with Gasteiger partial charge in [0.05, 0.1) is 0 Å². The molecule has 204 valence electrons. The SMILES string of the molecule is c1ccc(-c2ccc(Nc3ccc(-c4c(-c5ccccc5)cc(-c5ccccc5)cc4-c4ccccc4)cc3)cc2)cc1. The van der Waals surface area contributed by atoms with E-state index in [1.54, 1.807) is 0 Å². The van der Waals surface area contributed by atoms with E-state index >= 15 is 0 Å². The van der Waals surface area contributed by atoms with Crippen LogP contribution in [0.1, 0.15) is 0 Å². The maximum absolute atomic E-state index is 3.58. The third-order valence-electron chi connectivity index (χ3n) is 7.87. The molecule has 43 heavy (non-hydrogen) atoms. The summed E-state index contributed by atoms with van der Waals surface area (Å²) in [6, 6.07) is 64.7. The maximum Gasteiger partial charge on any atom is 0.0384 e. The molecule has 0 saturated carbocycles. The molecule has 0 unspecified atom stereocenters. The summed E-state index contributed by atoms with van der Waals surface area (Å²) < 4.78 is 0. The van der Waals surface area contributed by atoms with Gasteiger partial charge in [0, 0.05) is 11.4 Å². The van der Waals surface area contributed by atoms with Gasteiger partial charge in [0.25, 0.3) is 0 Å². The number of hydrogen-bond acceptors (Lipinski definition) is 1. The van der Waals surface area contributed by atoms with E-state index in [1.165, 1.54) is 55.6 Å². The van der Waals surface area contributed by atoms with Gasteiger partial charge in [-0.1, -0.05) is 146 Å². The fourth-order valence-electron chi connectivity index (χ4n) is 5.70. The van der Waals surface area contributed by atoms with Gasteiger partial charge in [0.2, 0.25) is 0 Å². The van der Waals surface area contributed by atoms with E-state index < -0.39 is 0 Å². The predicted octanol–water partition coefficient (Wildman–Crippen LogP) is 11.8. The second-order valence-corrected chi connectivity index (χ2v) is 10.7. The van der Waals surface area contributed by atoms with Crippen LogP contribution in [-0.4, -0.2) is 0 Å². The molecular weight excluding hydrogens is 518 g/mol. The van der Waals surface area contributed by atoms with Crippen molar-refractivity contribution in [3.05, 3.63) is 182 Å². The first-order chi connectivity index (χ1) is 21.3. The molecule has 0 aliphatic carbocycles. The minimum atomic E-state index is 1.06. The number of rotatable bonds is 7. The van der Waals surface area contributed by atoms with Gasteiger partial charge < -0.3 is 5.32 Å². The molecule has 0 aliphatic heterocycles. The molecule has 1 N–H and O–H groups in total. The molecule has 0 saturated heterocycles. The van der Waals surface area contributed by atoms with Crippen molar-refractivity contribution in [1.29, 1.82) is 0 Å². The van der Waals surface area contributed by atoms with Crippen LogP contribution in [0.2, 0.25) is 0 Å². The third kappa shape index (κ3) is 5.75. The monoisotopic (exact) mass is 549 g/mol. The Morgan fingerprint density at radius 3 is 1.00 bits per heavy atom. The molecule has 1 nitrogen and oxygen atoms in total. The molecule has 0 radical (unpaired) electrons. The molecular formula is C42H31N. The Morgan fingerprint density at radius 1 is 0.256 bits per heavy atom. The number of nitrogens with one attached hydrogen (secondary N) is 1. The van der Waals surface area contributed by atoms with Crippen LogP contribution in [0.15, 0.2) is 182 Å². The standard InChI is InChI=1S/C42H31N/c1-5-13-31(14-6-1)33-21-25-38(26-22-33)43-39-27-23-36(24-28-39)42-40(34-17-9-3-10-18-34)29-37(32-15-7-2-8-16-32)30-41(42)35-19-11-4-12-20-35/h1-30,43H. The van der Waals surface area contributed by atoms with Gasteiger partial charge in [-0.05, 0) is 92.0 Å². The number of benzene rings is 7. The van der Waals surface area contributed by atoms with Crippen LogP contribution in [0.25, 0.3) is 55.6 Å². The summed E-state index contributed by atoms with van der Waals surface area (Å²) in [6.45, 7) is 0. The summed E-state index contributed by atoms with van der Waals surface area (Å²) in [4.78, 5) is 0. The van der Waals surface area contributed by atoms with Crippen LogP contribution < -0.4 is 5.32 Å². The first kappa shape index (κ1) is 26.3. The lowest BCUT2D eigenvalue weighted by molar-refractivity contribution is 1.52. The fourth-order valence-corrected chi connectivity index (χ4v) is 5.70. The highest BCUT2D eigenvalue weighted by molar-refractivity contribution is 5.98. The Morgan fingerprint density at radius 2 is 0.581 bits per heavy atom. The van der Waals surface area contributed by atoms with Gasteiger partial charge in [-0.2, -0.15) is 0 Å². The van der Waals surface area contributed by atoms with Crippen molar-refractivity contribution in [2.45, 2.75) is 0 Å². The van der Waals surface area contributed by atoms with Gasteiger partial charge in [-0.3, -0.25) is 0 Å². The highest BCUT2D eigenvalue weighted by atomic mass is 14.9. The highest BCUT2D eigenvalue weighted by Crippen LogP contribution is 2.43. The van der Waals surface area contributed by atoms with Crippen molar-refractivity contribution in [1.82, 2.24) is 0 Å². The van der Waals surface area contributed by atoms with E-state index in [0.717, 1.165) is 11.4 Å². The van der Waals surface area contributed by atoms with Crippen molar-refractivity contribution in [2.24, 2.45) is 0 Å². The Balaban J connectivity index is 1.30. The van der Waals surface area contributed by atoms with Crippen molar-refractivity contribution in [3.8, 4) is 55.6 Å². The van der Waals surface area contributed by atoms with Crippen molar-refractivity contribution in [2.75, 3.05) is 5.32 Å². The molecule has 0 heterocycles. The summed E-state index contributed by atoms with van der Waals surface area (Å²) >= 11 is 0. The Bertz CT molecular complexity index is 1870. The van der Waals surface area contributed by atoms with E-state index in [4.69, 9.17) is 0 Å². The molecule has 0 aromatic heterocycles. The summed E-state index contributed by atoms with van der Waals surface area (Å²) in [5.41, 5.74) is 14.2. The molecule has 7 rings (SSSR count). The van der Waals surface area contributed by atoms with Gasteiger partial charge in [-0.15, -0.1) is 0 Å². The largest absolute Gasteiger partial charge is 0.356 e. The van der Waals surface area contributed by atoms with Crippen LogP contribution in [0.4, 0.5) is 11.4 Å². The zero-order chi connectivity index (χ0) is 28.8. The fraction of sp³-hybridized carbons (Fsp3) is 0.